The Bertz CT molecular complexity index is 995. The SMILES string of the molecule is CCN(CC)c1ccc(/C=C2\C(=O)NC(=O)N(c3ccc(C)cc3)C2=O)cc1Br. The van der Waals surface area contributed by atoms with Gasteiger partial charge in [-0.05, 0) is 72.6 Å². The number of benzene rings is 2. The van der Waals surface area contributed by atoms with E-state index in [4.69, 9.17) is 0 Å². The normalized spacial score (nSPS) is 15.7. The van der Waals surface area contributed by atoms with Gasteiger partial charge in [-0.25, -0.2) is 9.69 Å². The van der Waals surface area contributed by atoms with Gasteiger partial charge in [0, 0.05) is 17.6 Å². The molecule has 0 radical (unpaired) electrons. The summed E-state index contributed by atoms with van der Waals surface area (Å²) in [5, 5.41) is 2.24. The van der Waals surface area contributed by atoms with Gasteiger partial charge in [0.1, 0.15) is 5.57 Å². The predicted octanol–water partition coefficient (Wildman–Crippen LogP) is 4.27. The molecule has 1 aliphatic heterocycles. The van der Waals surface area contributed by atoms with Crippen molar-refractivity contribution in [2.45, 2.75) is 20.8 Å². The zero-order chi connectivity index (χ0) is 21.1. The van der Waals surface area contributed by atoms with Crippen molar-refractivity contribution in [3.63, 3.8) is 0 Å². The van der Waals surface area contributed by atoms with Crippen LogP contribution in [-0.4, -0.2) is 30.9 Å². The fourth-order valence-electron chi connectivity index (χ4n) is 3.19. The lowest BCUT2D eigenvalue weighted by molar-refractivity contribution is -0.122. The van der Waals surface area contributed by atoms with Crippen LogP contribution in [0, 0.1) is 6.92 Å². The Morgan fingerprint density at radius 3 is 2.28 bits per heavy atom. The number of anilines is 2. The number of nitrogens with zero attached hydrogens (tertiary/aromatic N) is 2. The van der Waals surface area contributed by atoms with Gasteiger partial charge < -0.3 is 4.90 Å². The van der Waals surface area contributed by atoms with Gasteiger partial charge in [0.25, 0.3) is 11.8 Å². The molecule has 3 rings (SSSR count). The summed E-state index contributed by atoms with van der Waals surface area (Å²) in [6, 6.07) is 11.9. The minimum absolute atomic E-state index is 0.0901. The number of barbiturate groups is 1. The van der Waals surface area contributed by atoms with Crippen molar-refractivity contribution in [1.82, 2.24) is 5.32 Å². The number of imide groups is 2. The molecule has 2 aromatic carbocycles. The van der Waals surface area contributed by atoms with E-state index >= 15 is 0 Å². The average molecular weight is 456 g/mol. The van der Waals surface area contributed by atoms with Gasteiger partial charge >= 0.3 is 6.03 Å². The van der Waals surface area contributed by atoms with Crippen molar-refractivity contribution >= 4 is 51.2 Å². The molecule has 1 fully saturated rings. The molecule has 0 saturated carbocycles. The number of hydrogen-bond acceptors (Lipinski definition) is 4. The molecular weight excluding hydrogens is 434 g/mol. The summed E-state index contributed by atoms with van der Waals surface area (Å²) in [5.41, 5.74) is 3.04. The standard InChI is InChI=1S/C22H22BrN3O3/c1-4-25(5-2)19-11-8-15(13-18(19)23)12-17-20(27)24-22(29)26(21(17)28)16-9-6-14(3)7-10-16/h6-13H,4-5H2,1-3H3,(H,24,27,29)/b17-12+. The third kappa shape index (κ3) is 4.24. The first-order valence-corrected chi connectivity index (χ1v) is 10.2. The van der Waals surface area contributed by atoms with E-state index in [9.17, 15) is 14.4 Å². The summed E-state index contributed by atoms with van der Waals surface area (Å²) in [7, 11) is 0. The minimum Gasteiger partial charge on any atom is -0.371 e. The van der Waals surface area contributed by atoms with E-state index in [1.807, 2.05) is 25.1 Å². The van der Waals surface area contributed by atoms with E-state index < -0.39 is 17.8 Å². The van der Waals surface area contributed by atoms with Crippen LogP contribution in [0.25, 0.3) is 6.08 Å². The lowest BCUT2D eigenvalue weighted by Gasteiger charge is -2.26. The zero-order valence-electron chi connectivity index (χ0n) is 16.5. The number of hydrogen-bond donors (Lipinski definition) is 1. The van der Waals surface area contributed by atoms with Crippen molar-refractivity contribution in [3.05, 3.63) is 63.6 Å². The summed E-state index contributed by atoms with van der Waals surface area (Å²) < 4.78 is 0.866. The number of nitrogens with one attached hydrogen (secondary N) is 1. The van der Waals surface area contributed by atoms with E-state index in [1.54, 1.807) is 24.3 Å². The lowest BCUT2D eigenvalue weighted by atomic mass is 10.1. The third-order valence-electron chi connectivity index (χ3n) is 4.78. The summed E-state index contributed by atoms with van der Waals surface area (Å²) in [4.78, 5) is 40.7. The molecule has 0 spiro atoms. The maximum atomic E-state index is 12.9. The van der Waals surface area contributed by atoms with E-state index in [0.29, 0.717) is 11.3 Å². The first kappa shape index (κ1) is 20.8. The van der Waals surface area contributed by atoms with E-state index in [-0.39, 0.29) is 5.57 Å². The van der Waals surface area contributed by atoms with Crippen LogP contribution in [-0.2, 0) is 9.59 Å². The van der Waals surface area contributed by atoms with Crippen molar-refractivity contribution in [1.29, 1.82) is 0 Å². The van der Waals surface area contributed by atoms with Crippen molar-refractivity contribution in [2.24, 2.45) is 0 Å². The number of carbonyl (C=O) groups excluding carboxylic acids is 3. The second kappa shape index (κ2) is 8.61. The van der Waals surface area contributed by atoms with Gasteiger partial charge in [-0.3, -0.25) is 14.9 Å². The van der Waals surface area contributed by atoms with Crippen LogP contribution >= 0.6 is 15.9 Å². The van der Waals surface area contributed by atoms with Gasteiger partial charge in [0.2, 0.25) is 0 Å². The molecule has 0 unspecified atom stereocenters. The smallest absolute Gasteiger partial charge is 0.335 e. The fraction of sp³-hybridized carbons (Fsp3) is 0.227. The molecule has 0 aromatic heterocycles. The molecule has 6 nitrogen and oxygen atoms in total. The maximum Gasteiger partial charge on any atom is 0.335 e. The van der Waals surface area contributed by atoms with Crippen LogP contribution < -0.4 is 15.1 Å². The Morgan fingerprint density at radius 2 is 1.69 bits per heavy atom. The molecule has 7 heteroatoms. The first-order valence-electron chi connectivity index (χ1n) is 9.38. The average Bonchev–Trinajstić information content (AvgIpc) is 2.69. The monoisotopic (exact) mass is 455 g/mol. The Balaban J connectivity index is 1.96. The molecule has 2 aromatic rings. The van der Waals surface area contributed by atoms with Gasteiger partial charge in [-0.1, -0.05) is 23.8 Å². The van der Waals surface area contributed by atoms with Gasteiger partial charge in [0.05, 0.1) is 11.4 Å². The quantitative estimate of drug-likeness (QED) is 0.539. The fourth-order valence-corrected chi connectivity index (χ4v) is 3.83. The Labute approximate surface area is 178 Å². The lowest BCUT2D eigenvalue weighted by Crippen LogP contribution is -2.54. The van der Waals surface area contributed by atoms with Crippen LogP contribution in [0.5, 0.6) is 0 Å². The number of amides is 4. The summed E-state index contributed by atoms with van der Waals surface area (Å²) in [5.74, 6) is -1.35. The van der Waals surface area contributed by atoms with Crippen molar-refractivity contribution < 1.29 is 14.4 Å². The highest BCUT2D eigenvalue weighted by Crippen LogP contribution is 2.29. The molecule has 29 heavy (non-hydrogen) atoms. The minimum atomic E-state index is -0.751. The summed E-state index contributed by atoms with van der Waals surface area (Å²) in [6.07, 6.45) is 1.50. The van der Waals surface area contributed by atoms with Crippen LogP contribution in [0.1, 0.15) is 25.0 Å². The highest BCUT2D eigenvalue weighted by Gasteiger charge is 2.36. The molecule has 1 N–H and O–H groups in total. The number of halogens is 1. The molecule has 0 aliphatic carbocycles. The molecule has 0 atom stereocenters. The van der Waals surface area contributed by atoms with E-state index in [0.717, 1.165) is 33.7 Å². The molecule has 0 bridgehead atoms. The number of aryl methyl sites for hydroxylation is 1. The van der Waals surface area contributed by atoms with Gasteiger partial charge in [-0.2, -0.15) is 0 Å². The van der Waals surface area contributed by atoms with Crippen molar-refractivity contribution in [2.75, 3.05) is 22.9 Å². The predicted molar refractivity (Wildman–Crippen MR) is 118 cm³/mol. The number of carbonyl (C=O) groups is 3. The number of rotatable bonds is 5. The van der Waals surface area contributed by atoms with E-state index in [1.165, 1.54) is 6.08 Å². The van der Waals surface area contributed by atoms with Gasteiger partial charge in [-0.15, -0.1) is 0 Å². The number of urea groups is 1. The molecule has 4 amide bonds. The third-order valence-corrected chi connectivity index (χ3v) is 5.42. The van der Waals surface area contributed by atoms with Crippen molar-refractivity contribution in [3.8, 4) is 0 Å². The topological polar surface area (TPSA) is 69.7 Å². The van der Waals surface area contributed by atoms with Crippen LogP contribution in [0.4, 0.5) is 16.2 Å². The highest BCUT2D eigenvalue weighted by molar-refractivity contribution is 9.10. The van der Waals surface area contributed by atoms with Gasteiger partial charge in [0.15, 0.2) is 0 Å². The molecule has 1 saturated heterocycles. The zero-order valence-corrected chi connectivity index (χ0v) is 18.1. The second-order valence-corrected chi connectivity index (χ2v) is 7.53. The second-order valence-electron chi connectivity index (χ2n) is 6.68. The Kier molecular flexibility index (Phi) is 6.17. The highest BCUT2D eigenvalue weighted by atomic mass is 79.9. The molecular formula is C22H22BrN3O3. The largest absolute Gasteiger partial charge is 0.371 e. The Hall–Kier alpha value is -2.93. The van der Waals surface area contributed by atoms with Crippen LogP contribution in [0.15, 0.2) is 52.5 Å². The molecule has 1 aliphatic rings. The first-order chi connectivity index (χ1) is 13.8. The maximum absolute atomic E-state index is 12.9. The molecule has 1 heterocycles. The molecule has 150 valence electrons. The van der Waals surface area contributed by atoms with Crippen LogP contribution in [0.2, 0.25) is 0 Å². The Morgan fingerprint density at radius 1 is 1.03 bits per heavy atom. The summed E-state index contributed by atoms with van der Waals surface area (Å²) >= 11 is 3.57. The summed E-state index contributed by atoms with van der Waals surface area (Å²) in [6.45, 7) is 7.80. The van der Waals surface area contributed by atoms with Crippen LogP contribution in [0.3, 0.4) is 0 Å². The van der Waals surface area contributed by atoms with E-state index in [2.05, 4.69) is 40.0 Å².